The van der Waals surface area contributed by atoms with Crippen molar-refractivity contribution in [3.63, 3.8) is 0 Å². The monoisotopic (exact) mass is 388 g/mol. The quantitative estimate of drug-likeness (QED) is 0.347. The van der Waals surface area contributed by atoms with E-state index in [1.54, 1.807) is 0 Å². The number of fused-ring (bicyclic) bond motifs is 8. The first-order valence-corrected chi connectivity index (χ1v) is 8.05. The molecule has 0 amide bonds. The predicted octanol–water partition coefficient (Wildman–Crippen LogP) is 4.24. The number of nitrogens with one attached hydrogen (secondary N) is 2. The average molecular weight is 389 g/mol. The van der Waals surface area contributed by atoms with Crippen LogP contribution in [0.2, 0.25) is 0 Å². The second-order valence-corrected chi connectivity index (χ2v) is 6.13. The van der Waals surface area contributed by atoms with Crippen LogP contribution in [0.1, 0.15) is 22.8 Å². The fourth-order valence-electron chi connectivity index (χ4n) is 3.04. The van der Waals surface area contributed by atoms with Crippen LogP contribution in [-0.4, -0.2) is 19.9 Å². The number of nitrogens with two attached hydrogens (primary N) is 1. The Labute approximate surface area is 160 Å². The molecular formula is C20H15CuN5. The van der Waals surface area contributed by atoms with Gasteiger partial charge in [0.2, 0.25) is 0 Å². The molecule has 131 valence electrons. The van der Waals surface area contributed by atoms with Crippen LogP contribution in [0, 0.1) is 0 Å². The summed E-state index contributed by atoms with van der Waals surface area (Å²) < 4.78 is 0. The van der Waals surface area contributed by atoms with Gasteiger partial charge in [-0.15, -0.1) is 0 Å². The fourth-order valence-corrected chi connectivity index (χ4v) is 3.04. The minimum Gasteiger partial charge on any atom is -0.397 e. The SMILES string of the molecule is Nc1cc2cc3nc(cc4ccc(cc5nc(cc1[nH]2)C=C5)[nH]4)C=C3.[Cu]. The molecule has 1 radical (unpaired) electrons. The van der Waals surface area contributed by atoms with Crippen molar-refractivity contribution < 1.29 is 17.1 Å². The number of nitrogens with zero attached hydrogens (tertiary/aromatic N) is 2. The molecule has 0 aliphatic carbocycles. The van der Waals surface area contributed by atoms with Gasteiger partial charge in [0.05, 0.1) is 34.0 Å². The summed E-state index contributed by atoms with van der Waals surface area (Å²) in [5.74, 6) is 0. The number of aromatic amines is 2. The molecule has 2 aliphatic heterocycles. The van der Waals surface area contributed by atoms with Gasteiger partial charge in [-0.1, -0.05) is 0 Å². The van der Waals surface area contributed by atoms with E-state index < -0.39 is 0 Å². The van der Waals surface area contributed by atoms with Crippen LogP contribution in [0.15, 0.2) is 42.5 Å². The predicted molar refractivity (Wildman–Crippen MR) is 103 cm³/mol. The van der Waals surface area contributed by atoms with Crippen molar-refractivity contribution in [1.29, 1.82) is 0 Å². The van der Waals surface area contributed by atoms with Gasteiger partial charge >= 0.3 is 0 Å². The standard InChI is InChI=1S/C20H15N5.Cu/c21-19-10-18-9-16-4-3-14(23-16)7-12-1-2-13(22-12)8-15-5-6-17(24-15)11-20(19)25-18;/h1-11,22,25H,21H2;. The first-order chi connectivity index (χ1) is 12.2. The number of H-pyrrole nitrogens is 2. The molecular weight excluding hydrogens is 374 g/mol. The van der Waals surface area contributed by atoms with Crippen molar-refractivity contribution in [2.45, 2.75) is 0 Å². The summed E-state index contributed by atoms with van der Waals surface area (Å²) in [4.78, 5) is 15.9. The second-order valence-electron chi connectivity index (χ2n) is 6.13. The Balaban J connectivity index is 0.00000168. The van der Waals surface area contributed by atoms with Gasteiger partial charge in [0.25, 0.3) is 0 Å². The van der Waals surface area contributed by atoms with Crippen molar-refractivity contribution in [2.24, 2.45) is 0 Å². The Morgan fingerprint density at radius 2 is 1.12 bits per heavy atom. The maximum absolute atomic E-state index is 6.13. The van der Waals surface area contributed by atoms with E-state index in [2.05, 4.69) is 19.9 Å². The minimum atomic E-state index is 0. The maximum atomic E-state index is 6.13. The van der Waals surface area contributed by atoms with Crippen LogP contribution in [0.25, 0.3) is 46.4 Å². The van der Waals surface area contributed by atoms with Crippen LogP contribution >= 0.6 is 0 Å². The van der Waals surface area contributed by atoms with Crippen molar-refractivity contribution in [3.8, 4) is 0 Å². The molecule has 0 spiro atoms. The van der Waals surface area contributed by atoms with E-state index in [1.807, 2.05) is 66.8 Å². The van der Waals surface area contributed by atoms with Crippen LogP contribution in [0.3, 0.4) is 0 Å². The third-order valence-corrected chi connectivity index (χ3v) is 4.20. The van der Waals surface area contributed by atoms with Gasteiger partial charge in [0.15, 0.2) is 0 Å². The van der Waals surface area contributed by atoms with Gasteiger partial charge in [0.1, 0.15) is 0 Å². The Morgan fingerprint density at radius 1 is 0.615 bits per heavy atom. The largest absolute Gasteiger partial charge is 0.397 e. The number of hydrogen-bond acceptors (Lipinski definition) is 3. The van der Waals surface area contributed by atoms with Crippen molar-refractivity contribution in [1.82, 2.24) is 19.9 Å². The van der Waals surface area contributed by atoms with Crippen LogP contribution in [-0.2, 0) is 17.1 Å². The number of anilines is 1. The summed E-state index contributed by atoms with van der Waals surface area (Å²) in [7, 11) is 0. The molecule has 3 aromatic heterocycles. The summed E-state index contributed by atoms with van der Waals surface area (Å²) >= 11 is 0. The van der Waals surface area contributed by atoms with Gasteiger partial charge in [-0.25, -0.2) is 9.97 Å². The van der Waals surface area contributed by atoms with Gasteiger partial charge < -0.3 is 15.7 Å². The van der Waals surface area contributed by atoms with Gasteiger partial charge in [-0.3, -0.25) is 0 Å². The molecule has 0 saturated carbocycles. The zero-order valence-corrected chi connectivity index (χ0v) is 14.6. The van der Waals surface area contributed by atoms with E-state index in [-0.39, 0.29) is 17.1 Å². The molecule has 0 aromatic carbocycles. The molecule has 5 heterocycles. The molecule has 0 saturated heterocycles. The molecule has 6 heteroatoms. The number of hydrogen-bond donors (Lipinski definition) is 3. The Kier molecular flexibility index (Phi) is 3.99. The van der Waals surface area contributed by atoms with Crippen LogP contribution in [0.5, 0.6) is 0 Å². The second kappa shape index (κ2) is 6.33. The Morgan fingerprint density at radius 3 is 1.69 bits per heavy atom. The summed E-state index contributed by atoms with van der Waals surface area (Å²) in [6.07, 6.45) is 7.96. The first kappa shape index (κ1) is 16.4. The molecule has 8 bridgehead atoms. The molecule has 5 rings (SSSR count). The molecule has 0 unspecified atom stereocenters. The zero-order valence-electron chi connectivity index (χ0n) is 13.6. The molecule has 2 aliphatic rings. The average Bonchev–Trinajstić information content (AvgIpc) is 3.33. The summed E-state index contributed by atoms with van der Waals surface area (Å²) in [6, 6.07) is 14.0. The third-order valence-electron chi connectivity index (χ3n) is 4.20. The van der Waals surface area contributed by atoms with Crippen molar-refractivity contribution in [3.05, 3.63) is 65.2 Å². The summed E-state index contributed by atoms with van der Waals surface area (Å²) in [6.45, 7) is 0. The molecule has 3 aromatic rings. The summed E-state index contributed by atoms with van der Waals surface area (Å²) in [5, 5.41) is 0. The van der Waals surface area contributed by atoms with Crippen LogP contribution < -0.4 is 5.73 Å². The van der Waals surface area contributed by atoms with Crippen LogP contribution in [0.4, 0.5) is 5.69 Å². The molecule has 4 N–H and O–H groups in total. The van der Waals surface area contributed by atoms with Crippen molar-refractivity contribution >= 4 is 52.1 Å². The molecule has 0 atom stereocenters. The Hall–Kier alpha value is -3.08. The van der Waals surface area contributed by atoms with E-state index in [9.17, 15) is 0 Å². The van der Waals surface area contributed by atoms with E-state index in [0.29, 0.717) is 5.69 Å². The minimum absolute atomic E-state index is 0. The summed E-state index contributed by atoms with van der Waals surface area (Å²) in [5.41, 5.74) is 14.2. The first-order valence-electron chi connectivity index (χ1n) is 8.05. The van der Waals surface area contributed by atoms with E-state index in [0.717, 1.165) is 44.8 Å². The number of aromatic nitrogens is 4. The van der Waals surface area contributed by atoms with E-state index in [1.165, 1.54) is 0 Å². The van der Waals surface area contributed by atoms with Crippen molar-refractivity contribution in [2.75, 3.05) is 5.73 Å². The molecule has 26 heavy (non-hydrogen) atoms. The van der Waals surface area contributed by atoms with E-state index >= 15 is 0 Å². The smallest absolute Gasteiger partial charge is 0.0659 e. The Bertz CT molecular complexity index is 1210. The van der Waals surface area contributed by atoms with Gasteiger partial charge in [-0.2, -0.15) is 0 Å². The molecule has 0 fully saturated rings. The number of nitrogen functional groups attached to an aromatic ring is 1. The third kappa shape index (κ3) is 3.08. The van der Waals surface area contributed by atoms with Gasteiger partial charge in [-0.05, 0) is 66.8 Å². The normalized spacial score (nSPS) is 12.2. The van der Waals surface area contributed by atoms with Gasteiger partial charge in [0, 0.05) is 33.6 Å². The zero-order chi connectivity index (χ0) is 16.8. The molecule has 5 nitrogen and oxygen atoms in total. The topological polar surface area (TPSA) is 83.4 Å². The number of rotatable bonds is 0. The van der Waals surface area contributed by atoms with E-state index in [4.69, 9.17) is 5.73 Å². The fraction of sp³-hybridized carbons (Fsp3) is 0. The maximum Gasteiger partial charge on any atom is 0.0659 e.